The number of rotatable bonds is 8. The second-order valence-corrected chi connectivity index (χ2v) is 9.78. The third-order valence-corrected chi connectivity index (χ3v) is 7.21. The molecule has 0 N–H and O–H groups in total. The van der Waals surface area contributed by atoms with Crippen molar-refractivity contribution in [2.45, 2.75) is 30.6 Å². The van der Waals surface area contributed by atoms with E-state index in [0.29, 0.717) is 37.1 Å². The molecule has 0 saturated carbocycles. The van der Waals surface area contributed by atoms with Gasteiger partial charge in [0.1, 0.15) is 0 Å². The first-order valence-electron chi connectivity index (χ1n) is 10.3. The third-order valence-electron chi connectivity index (χ3n) is 5.48. The molecule has 1 aliphatic heterocycles. The number of nitrogens with zero attached hydrogens (tertiary/aromatic N) is 4. The van der Waals surface area contributed by atoms with Crippen LogP contribution in [0.3, 0.4) is 0 Å². The molecule has 1 saturated heterocycles. The Morgan fingerprint density at radius 2 is 2.00 bits per heavy atom. The van der Waals surface area contributed by atoms with Crippen LogP contribution in [0.25, 0.3) is 11.5 Å². The van der Waals surface area contributed by atoms with E-state index in [1.807, 2.05) is 12.1 Å². The smallest absolute Gasteiger partial charge is 0.259 e. The minimum Gasteiger partial charge on any atom is -0.342 e. The summed E-state index contributed by atoms with van der Waals surface area (Å²) in [4.78, 5) is 23.0. The quantitative estimate of drug-likeness (QED) is 0.530. The lowest BCUT2D eigenvalue weighted by Crippen LogP contribution is -2.30. The molecule has 2 aromatic heterocycles. The van der Waals surface area contributed by atoms with Crippen molar-refractivity contribution >= 4 is 15.7 Å². The molecule has 1 aromatic carbocycles. The fourth-order valence-electron chi connectivity index (χ4n) is 3.72. The Morgan fingerprint density at radius 3 is 2.77 bits per heavy atom. The number of aromatic nitrogens is 3. The van der Waals surface area contributed by atoms with Crippen LogP contribution in [0.5, 0.6) is 0 Å². The number of benzene rings is 1. The van der Waals surface area contributed by atoms with Gasteiger partial charge in [0.05, 0.1) is 16.2 Å². The Balaban J connectivity index is 1.24. The zero-order valence-electron chi connectivity index (χ0n) is 17.1. The van der Waals surface area contributed by atoms with Crippen LogP contribution >= 0.6 is 0 Å². The van der Waals surface area contributed by atoms with Crippen LogP contribution in [0.2, 0.25) is 0 Å². The number of hydrogen-bond acceptors (Lipinski definition) is 7. The number of sulfone groups is 1. The van der Waals surface area contributed by atoms with Crippen LogP contribution in [0.15, 0.2) is 64.3 Å². The van der Waals surface area contributed by atoms with Gasteiger partial charge in [-0.25, -0.2) is 8.42 Å². The molecule has 4 rings (SSSR count). The van der Waals surface area contributed by atoms with Gasteiger partial charge < -0.3 is 9.42 Å². The fourth-order valence-corrected chi connectivity index (χ4v) is 4.97. The average molecular weight is 441 g/mol. The number of pyridine rings is 1. The molecule has 3 heterocycles. The van der Waals surface area contributed by atoms with E-state index in [1.165, 1.54) is 0 Å². The lowest BCUT2D eigenvalue weighted by Gasteiger charge is -2.16. The van der Waals surface area contributed by atoms with Gasteiger partial charge in [-0.15, -0.1) is 0 Å². The topological polar surface area (TPSA) is 106 Å². The summed E-state index contributed by atoms with van der Waals surface area (Å²) in [7, 11) is -3.44. The molecule has 1 unspecified atom stereocenters. The van der Waals surface area contributed by atoms with Crippen molar-refractivity contribution in [3.8, 4) is 11.5 Å². The first kappa shape index (κ1) is 21.2. The van der Waals surface area contributed by atoms with Crippen LogP contribution in [0.4, 0.5) is 0 Å². The summed E-state index contributed by atoms with van der Waals surface area (Å²) in [6.45, 7) is 1.29. The third kappa shape index (κ3) is 5.35. The van der Waals surface area contributed by atoms with Gasteiger partial charge in [0, 0.05) is 38.3 Å². The fraction of sp³-hybridized carbons (Fsp3) is 0.364. The molecule has 3 aromatic rings. The summed E-state index contributed by atoms with van der Waals surface area (Å²) in [6.07, 6.45) is 5.77. The highest BCUT2D eigenvalue weighted by Crippen LogP contribution is 2.23. The van der Waals surface area contributed by atoms with Crippen molar-refractivity contribution in [1.29, 1.82) is 0 Å². The van der Waals surface area contributed by atoms with Crippen molar-refractivity contribution in [3.63, 3.8) is 0 Å². The zero-order valence-corrected chi connectivity index (χ0v) is 17.9. The maximum absolute atomic E-state index is 12.5. The molecule has 162 valence electrons. The number of aryl methyl sites for hydroxylation is 1. The lowest BCUT2D eigenvalue weighted by atomic mass is 10.0. The summed E-state index contributed by atoms with van der Waals surface area (Å²) in [5.74, 6) is 1.15. The number of carbonyl (C=O) groups excluding carboxylic acids is 1. The summed E-state index contributed by atoms with van der Waals surface area (Å²) >= 11 is 0. The van der Waals surface area contributed by atoms with E-state index in [1.54, 1.807) is 47.6 Å². The van der Waals surface area contributed by atoms with E-state index in [0.717, 1.165) is 18.4 Å². The predicted octanol–water partition coefficient (Wildman–Crippen LogP) is 2.78. The van der Waals surface area contributed by atoms with Crippen molar-refractivity contribution in [3.05, 3.63) is 60.7 Å². The van der Waals surface area contributed by atoms with E-state index in [2.05, 4.69) is 15.1 Å². The summed E-state index contributed by atoms with van der Waals surface area (Å²) in [5, 5.41) is 4.03. The number of likely N-dealkylation sites (tertiary alicyclic amines) is 1. The first-order chi connectivity index (χ1) is 15.0. The molecule has 0 aliphatic carbocycles. The molecule has 0 radical (unpaired) electrons. The largest absolute Gasteiger partial charge is 0.342 e. The van der Waals surface area contributed by atoms with Gasteiger partial charge >= 0.3 is 0 Å². The Morgan fingerprint density at radius 1 is 1.16 bits per heavy atom. The second-order valence-electron chi connectivity index (χ2n) is 7.67. The molecular weight excluding hydrogens is 416 g/mol. The number of hydrogen-bond donors (Lipinski definition) is 0. The molecule has 1 fully saturated rings. The van der Waals surface area contributed by atoms with E-state index < -0.39 is 9.84 Å². The van der Waals surface area contributed by atoms with Crippen LogP contribution in [-0.2, 0) is 21.1 Å². The Bertz CT molecular complexity index is 1120. The molecular formula is C22H24N4O4S. The van der Waals surface area contributed by atoms with Crippen LogP contribution in [-0.4, -0.2) is 53.2 Å². The minimum absolute atomic E-state index is 0.00323. The molecule has 1 atom stereocenters. The molecule has 31 heavy (non-hydrogen) atoms. The van der Waals surface area contributed by atoms with Crippen molar-refractivity contribution < 1.29 is 17.7 Å². The molecule has 9 heteroatoms. The first-order valence-corrected chi connectivity index (χ1v) is 11.9. The van der Waals surface area contributed by atoms with E-state index in [4.69, 9.17) is 4.52 Å². The Hall–Kier alpha value is -3.07. The number of amides is 1. The minimum atomic E-state index is -3.44. The monoisotopic (exact) mass is 440 g/mol. The molecule has 0 spiro atoms. The zero-order chi connectivity index (χ0) is 21.7. The average Bonchev–Trinajstić information content (AvgIpc) is 3.47. The summed E-state index contributed by atoms with van der Waals surface area (Å²) in [5.41, 5.74) is 0.782. The summed E-state index contributed by atoms with van der Waals surface area (Å²) < 4.78 is 30.1. The van der Waals surface area contributed by atoms with Gasteiger partial charge in [0.25, 0.3) is 5.89 Å². The van der Waals surface area contributed by atoms with E-state index >= 15 is 0 Å². The van der Waals surface area contributed by atoms with E-state index in [-0.39, 0.29) is 23.0 Å². The van der Waals surface area contributed by atoms with Crippen LogP contribution in [0.1, 0.15) is 25.1 Å². The second kappa shape index (κ2) is 9.38. The highest BCUT2D eigenvalue weighted by molar-refractivity contribution is 7.91. The lowest BCUT2D eigenvalue weighted by molar-refractivity contribution is -0.129. The summed E-state index contributed by atoms with van der Waals surface area (Å²) in [6, 6.07) is 11.9. The van der Waals surface area contributed by atoms with Gasteiger partial charge in [-0.05, 0) is 43.0 Å². The SMILES string of the molecule is O=C(CCS(=O)(=O)c1ccccc1)N1CCC(CCc2noc(-c3cccnc3)n2)C1. The van der Waals surface area contributed by atoms with Crippen molar-refractivity contribution in [1.82, 2.24) is 20.0 Å². The van der Waals surface area contributed by atoms with Gasteiger partial charge in [-0.1, -0.05) is 23.4 Å². The van der Waals surface area contributed by atoms with Crippen molar-refractivity contribution in [2.24, 2.45) is 5.92 Å². The highest BCUT2D eigenvalue weighted by atomic mass is 32.2. The molecule has 1 amide bonds. The van der Waals surface area contributed by atoms with Gasteiger partial charge in [-0.2, -0.15) is 4.98 Å². The standard InChI is InChI=1S/C22H24N4O4S/c27-21(11-14-31(28,29)19-6-2-1-3-7-19)26-13-10-17(16-26)8-9-20-24-22(30-25-20)18-5-4-12-23-15-18/h1-7,12,15,17H,8-11,13-14,16H2. The predicted molar refractivity (Wildman–Crippen MR) is 114 cm³/mol. The normalized spacial score (nSPS) is 16.5. The van der Waals surface area contributed by atoms with Gasteiger partial charge in [-0.3, -0.25) is 9.78 Å². The molecule has 8 nitrogen and oxygen atoms in total. The Labute approximate surface area is 181 Å². The number of carbonyl (C=O) groups is 1. The van der Waals surface area contributed by atoms with E-state index in [9.17, 15) is 13.2 Å². The van der Waals surface area contributed by atoms with Crippen molar-refractivity contribution in [2.75, 3.05) is 18.8 Å². The van der Waals surface area contributed by atoms with Gasteiger partial charge in [0.15, 0.2) is 15.7 Å². The maximum atomic E-state index is 12.5. The maximum Gasteiger partial charge on any atom is 0.259 e. The highest BCUT2D eigenvalue weighted by Gasteiger charge is 2.27. The molecule has 1 aliphatic rings. The van der Waals surface area contributed by atoms with Crippen LogP contribution < -0.4 is 0 Å². The Kier molecular flexibility index (Phi) is 6.41. The van der Waals surface area contributed by atoms with Gasteiger partial charge in [0.2, 0.25) is 5.91 Å². The molecule has 0 bridgehead atoms. The van der Waals surface area contributed by atoms with Crippen LogP contribution in [0, 0.1) is 5.92 Å².